The summed E-state index contributed by atoms with van der Waals surface area (Å²) in [7, 11) is 0. The summed E-state index contributed by atoms with van der Waals surface area (Å²) < 4.78 is 0. The summed E-state index contributed by atoms with van der Waals surface area (Å²) in [5, 5.41) is 12.1. The molecule has 1 aliphatic heterocycles. The number of aryl methyl sites for hydroxylation is 2. The number of amides is 2. The molecule has 4 nitrogen and oxygen atoms in total. The van der Waals surface area contributed by atoms with Gasteiger partial charge in [-0.2, -0.15) is 0 Å². The predicted molar refractivity (Wildman–Crippen MR) is 79.5 cm³/mol. The second-order valence-electron chi connectivity index (χ2n) is 5.70. The Morgan fingerprint density at radius 1 is 1.35 bits per heavy atom. The SMILES string of the molecule is Cc1ccc(CNC(=O)N2CCC(CO)CC2)c(C)c1. The lowest BCUT2D eigenvalue weighted by Crippen LogP contribution is -2.44. The molecule has 2 amide bonds. The van der Waals surface area contributed by atoms with Gasteiger partial charge in [0.05, 0.1) is 0 Å². The summed E-state index contributed by atoms with van der Waals surface area (Å²) in [4.78, 5) is 13.9. The van der Waals surface area contributed by atoms with E-state index in [2.05, 4.69) is 37.4 Å². The number of nitrogens with one attached hydrogen (secondary N) is 1. The highest BCUT2D eigenvalue weighted by molar-refractivity contribution is 5.74. The van der Waals surface area contributed by atoms with Gasteiger partial charge in [0.25, 0.3) is 0 Å². The van der Waals surface area contributed by atoms with E-state index in [0.717, 1.165) is 31.5 Å². The lowest BCUT2D eigenvalue weighted by molar-refractivity contribution is 0.137. The Balaban J connectivity index is 1.83. The van der Waals surface area contributed by atoms with Gasteiger partial charge in [-0.3, -0.25) is 0 Å². The Labute approximate surface area is 120 Å². The molecule has 0 unspecified atom stereocenters. The van der Waals surface area contributed by atoms with Crippen LogP contribution in [0.4, 0.5) is 4.79 Å². The van der Waals surface area contributed by atoms with Crippen molar-refractivity contribution in [1.82, 2.24) is 10.2 Å². The van der Waals surface area contributed by atoms with Crippen molar-refractivity contribution in [1.29, 1.82) is 0 Å². The third-order valence-electron chi connectivity index (χ3n) is 4.09. The van der Waals surface area contributed by atoms with Crippen LogP contribution in [0.15, 0.2) is 18.2 Å². The minimum absolute atomic E-state index is 0.00126. The van der Waals surface area contributed by atoms with Gasteiger partial charge >= 0.3 is 6.03 Å². The van der Waals surface area contributed by atoms with Gasteiger partial charge in [0.15, 0.2) is 0 Å². The van der Waals surface area contributed by atoms with Gasteiger partial charge in [0, 0.05) is 26.2 Å². The minimum Gasteiger partial charge on any atom is -0.396 e. The van der Waals surface area contributed by atoms with E-state index in [1.165, 1.54) is 11.1 Å². The summed E-state index contributed by atoms with van der Waals surface area (Å²) in [6, 6.07) is 6.28. The molecule has 1 aromatic rings. The van der Waals surface area contributed by atoms with E-state index in [4.69, 9.17) is 5.11 Å². The Morgan fingerprint density at radius 3 is 2.65 bits per heavy atom. The fourth-order valence-electron chi connectivity index (χ4n) is 2.65. The van der Waals surface area contributed by atoms with Gasteiger partial charge in [-0.1, -0.05) is 23.8 Å². The van der Waals surface area contributed by atoms with Crippen molar-refractivity contribution in [2.45, 2.75) is 33.2 Å². The molecule has 0 aromatic heterocycles. The van der Waals surface area contributed by atoms with Crippen molar-refractivity contribution in [3.05, 3.63) is 34.9 Å². The smallest absolute Gasteiger partial charge is 0.317 e. The number of likely N-dealkylation sites (tertiary alicyclic amines) is 1. The number of carbonyl (C=O) groups is 1. The largest absolute Gasteiger partial charge is 0.396 e. The molecule has 20 heavy (non-hydrogen) atoms. The Kier molecular flexibility index (Phi) is 5.01. The first-order valence-electron chi connectivity index (χ1n) is 7.30. The molecule has 0 spiro atoms. The highest BCUT2D eigenvalue weighted by Gasteiger charge is 2.21. The Morgan fingerprint density at radius 2 is 2.05 bits per heavy atom. The number of benzene rings is 1. The highest BCUT2D eigenvalue weighted by atomic mass is 16.3. The topological polar surface area (TPSA) is 52.6 Å². The van der Waals surface area contributed by atoms with Crippen LogP contribution in [0.1, 0.15) is 29.5 Å². The molecule has 2 rings (SSSR count). The Bertz CT molecular complexity index is 466. The van der Waals surface area contributed by atoms with Crippen molar-refractivity contribution < 1.29 is 9.90 Å². The number of hydrogen-bond acceptors (Lipinski definition) is 2. The van der Waals surface area contributed by atoms with Gasteiger partial charge < -0.3 is 15.3 Å². The molecule has 0 saturated carbocycles. The van der Waals surface area contributed by atoms with E-state index in [1.54, 1.807) is 0 Å². The summed E-state index contributed by atoms with van der Waals surface area (Å²) in [6.07, 6.45) is 1.79. The van der Waals surface area contributed by atoms with Gasteiger partial charge in [-0.25, -0.2) is 4.79 Å². The number of carbonyl (C=O) groups excluding carboxylic acids is 1. The van der Waals surface area contributed by atoms with E-state index < -0.39 is 0 Å². The summed E-state index contributed by atoms with van der Waals surface area (Å²) in [5.74, 6) is 0.360. The fourth-order valence-corrected chi connectivity index (χ4v) is 2.65. The lowest BCUT2D eigenvalue weighted by Gasteiger charge is -2.31. The van der Waals surface area contributed by atoms with Crippen molar-refractivity contribution in [3.63, 3.8) is 0 Å². The van der Waals surface area contributed by atoms with Crippen LogP contribution in [0.2, 0.25) is 0 Å². The second-order valence-corrected chi connectivity index (χ2v) is 5.70. The van der Waals surface area contributed by atoms with Gasteiger partial charge in [-0.15, -0.1) is 0 Å². The molecule has 1 aromatic carbocycles. The van der Waals surface area contributed by atoms with Crippen molar-refractivity contribution >= 4 is 6.03 Å². The second kappa shape index (κ2) is 6.75. The number of piperidine rings is 1. The van der Waals surface area contributed by atoms with Crippen LogP contribution in [-0.2, 0) is 6.54 Å². The summed E-state index contributed by atoms with van der Waals surface area (Å²) in [6.45, 7) is 6.43. The first-order chi connectivity index (χ1) is 9.60. The van der Waals surface area contributed by atoms with E-state index in [-0.39, 0.29) is 12.6 Å². The highest BCUT2D eigenvalue weighted by Crippen LogP contribution is 2.16. The average Bonchev–Trinajstić information content (AvgIpc) is 2.46. The molecule has 110 valence electrons. The van der Waals surface area contributed by atoms with E-state index in [0.29, 0.717) is 12.5 Å². The number of hydrogen-bond donors (Lipinski definition) is 2. The number of urea groups is 1. The van der Waals surface area contributed by atoms with Crippen LogP contribution < -0.4 is 5.32 Å². The van der Waals surface area contributed by atoms with Gasteiger partial charge in [-0.05, 0) is 43.7 Å². The van der Waals surface area contributed by atoms with Gasteiger partial charge in [0.1, 0.15) is 0 Å². The zero-order valence-corrected chi connectivity index (χ0v) is 12.4. The number of nitrogens with zero attached hydrogens (tertiary/aromatic N) is 1. The fraction of sp³-hybridized carbons (Fsp3) is 0.562. The van der Waals surface area contributed by atoms with Crippen LogP contribution in [0.25, 0.3) is 0 Å². The maximum Gasteiger partial charge on any atom is 0.317 e. The number of rotatable bonds is 3. The van der Waals surface area contributed by atoms with E-state index >= 15 is 0 Å². The molecule has 0 aliphatic carbocycles. The van der Waals surface area contributed by atoms with Crippen LogP contribution in [0, 0.1) is 19.8 Å². The lowest BCUT2D eigenvalue weighted by atomic mass is 9.98. The standard InChI is InChI=1S/C16H24N2O2/c1-12-3-4-15(13(2)9-12)10-17-16(20)18-7-5-14(11-19)6-8-18/h3-4,9,14,19H,5-8,10-11H2,1-2H3,(H,17,20). The monoisotopic (exact) mass is 276 g/mol. The first kappa shape index (κ1) is 14.9. The minimum atomic E-state index is 0.00126. The van der Waals surface area contributed by atoms with E-state index in [9.17, 15) is 4.79 Å². The van der Waals surface area contributed by atoms with Crippen LogP contribution >= 0.6 is 0 Å². The molecule has 4 heteroatoms. The molecular formula is C16H24N2O2. The van der Waals surface area contributed by atoms with Crippen molar-refractivity contribution in [3.8, 4) is 0 Å². The summed E-state index contributed by atoms with van der Waals surface area (Å²) in [5.41, 5.74) is 3.61. The van der Waals surface area contributed by atoms with E-state index in [1.807, 2.05) is 4.90 Å². The number of aliphatic hydroxyl groups is 1. The third kappa shape index (κ3) is 3.73. The van der Waals surface area contributed by atoms with Gasteiger partial charge in [0.2, 0.25) is 0 Å². The Hall–Kier alpha value is -1.55. The van der Waals surface area contributed by atoms with Crippen LogP contribution in [-0.4, -0.2) is 35.7 Å². The molecule has 0 atom stereocenters. The molecule has 1 heterocycles. The molecule has 1 fully saturated rings. The molecule has 1 saturated heterocycles. The summed E-state index contributed by atoms with van der Waals surface area (Å²) >= 11 is 0. The zero-order chi connectivity index (χ0) is 14.5. The maximum atomic E-state index is 12.1. The average molecular weight is 276 g/mol. The van der Waals surface area contributed by atoms with Crippen molar-refractivity contribution in [2.24, 2.45) is 5.92 Å². The maximum absolute atomic E-state index is 12.1. The van der Waals surface area contributed by atoms with Crippen molar-refractivity contribution in [2.75, 3.05) is 19.7 Å². The normalized spacial score (nSPS) is 16.2. The molecular weight excluding hydrogens is 252 g/mol. The number of aliphatic hydroxyl groups excluding tert-OH is 1. The zero-order valence-electron chi connectivity index (χ0n) is 12.4. The molecule has 0 bridgehead atoms. The first-order valence-corrected chi connectivity index (χ1v) is 7.30. The predicted octanol–water partition coefficient (Wildman–Crippen LogP) is 2.22. The van der Waals surface area contributed by atoms with Crippen LogP contribution in [0.5, 0.6) is 0 Å². The molecule has 2 N–H and O–H groups in total. The van der Waals surface area contributed by atoms with Crippen LogP contribution in [0.3, 0.4) is 0 Å². The molecule has 1 aliphatic rings. The third-order valence-corrected chi connectivity index (χ3v) is 4.09. The molecule has 0 radical (unpaired) electrons. The quantitative estimate of drug-likeness (QED) is 0.889.